The second kappa shape index (κ2) is 11.7. The van der Waals surface area contributed by atoms with Crippen molar-refractivity contribution < 1.29 is 13.2 Å². The van der Waals surface area contributed by atoms with Crippen molar-refractivity contribution in [2.45, 2.75) is 51.8 Å². The van der Waals surface area contributed by atoms with E-state index in [9.17, 15) is 8.42 Å². The van der Waals surface area contributed by atoms with Crippen molar-refractivity contribution in [3.63, 3.8) is 0 Å². The van der Waals surface area contributed by atoms with Crippen LogP contribution in [0.2, 0.25) is 0 Å². The summed E-state index contributed by atoms with van der Waals surface area (Å²) in [7, 11) is -3.21. The number of rotatable bonds is 10. The first-order chi connectivity index (χ1) is 14.3. The van der Waals surface area contributed by atoms with Crippen LogP contribution in [-0.2, 0) is 34.3 Å². The van der Waals surface area contributed by atoms with Crippen LogP contribution < -0.4 is 10.6 Å². The quantitative estimate of drug-likeness (QED) is 0.341. The minimum Gasteiger partial charge on any atom is -0.377 e. The summed E-state index contributed by atoms with van der Waals surface area (Å²) in [5.41, 5.74) is 4.04. The number of nitrogens with one attached hydrogen (secondary N) is 2. The van der Waals surface area contributed by atoms with E-state index >= 15 is 0 Å². The molecule has 2 aromatic rings. The largest absolute Gasteiger partial charge is 0.377 e. The van der Waals surface area contributed by atoms with E-state index < -0.39 is 9.84 Å². The summed E-state index contributed by atoms with van der Waals surface area (Å²) >= 11 is 0. The molecule has 0 atom stereocenters. The molecule has 0 saturated carbocycles. The highest BCUT2D eigenvalue weighted by molar-refractivity contribution is 7.90. The van der Waals surface area contributed by atoms with Crippen LogP contribution in [-0.4, -0.2) is 33.8 Å². The molecule has 0 amide bonds. The van der Waals surface area contributed by atoms with Gasteiger partial charge in [-0.05, 0) is 48.6 Å². The number of nitrogens with zero attached hydrogens (tertiary/aromatic N) is 1. The molecule has 0 bridgehead atoms. The summed E-state index contributed by atoms with van der Waals surface area (Å²) in [4.78, 5) is 5.01. The standard InChI is InChI=1S/C23H33N3O3S/c1-5-13-29-17-21-10-8-7-9-20(21)16-26-23(24-6-2)25-15-19-11-12-22(18(3)14-19)30(4,27)28/h7-12,14H,5-6,13,15-17H2,1-4H3,(H2,24,25,26). The van der Waals surface area contributed by atoms with E-state index in [1.54, 1.807) is 6.07 Å². The van der Waals surface area contributed by atoms with E-state index in [2.05, 4.69) is 34.7 Å². The molecule has 0 spiro atoms. The molecular formula is C23H33N3O3S. The number of hydrogen-bond donors (Lipinski definition) is 2. The zero-order valence-corrected chi connectivity index (χ0v) is 19.2. The Morgan fingerprint density at radius 1 is 1.07 bits per heavy atom. The smallest absolute Gasteiger partial charge is 0.191 e. The van der Waals surface area contributed by atoms with Crippen LogP contribution in [0.15, 0.2) is 52.4 Å². The number of hydrogen-bond acceptors (Lipinski definition) is 4. The van der Waals surface area contributed by atoms with Crippen molar-refractivity contribution in [3.05, 3.63) is 64.7 Å². The molecule has 0 aliphatic carbocycles. The van der Waals surface area contributed by atoms with Crippen LogP contribution in [0.1, 0.15) is 42.5 Å². The fourth-order valence-corrected chi connectivity index (χ4v) is 4.07. The molecule has 6 nitrogen and oxygen atoms in total. The molecule has 30 heavy (non-hydrogen) atoms. The van der Waals surface area contributed by atoms with Gasteiger partial charge in [0.05, 0.1) is 18.0 Å². The number of sulfone groups is 1. The second-order valence-corrected chi connectivity index (χ2v) is 9.23. The third-order valence-corrected chi connectivity index (χ3v) is 5.83. The van der Waals surface area contributed by atoms with Crippen LogP contribution in [0.4, 0.5) is 0 Å². The lowest BCUT2D eigenvalue weighted by Crippen LogP contribution is -2.37. The SMILES string of the molecule is CCCOCc1ccccc1CNC(=NCc1ccc(S(C)(=O)=O)c(C)c1)NCC. The molecule has 0 radical (unpaired) electrons. The number of benzene rings is 2. The van der Waals surface area contributed by atoms with Gasteiger partial charge in [0.15, 0.2) is 15.8 Å². The van der Waals surface area contributed by atoms with E-state index in [0.717, 1.165) is 30.7 Å². The Morgan fingerprint density at radius 2 is 1.80 bits per heavy atom. The van der Waals surface area contributed by atoms with Gasteiger partial charge in [-0.25, -0.2) is 13.4 Å². The van der Waals surface area contributed by atoms with Crippen molar-refractivity contribution in [2.75, 3.05) is 19.4 Å². The number of aryl methyl sites for hydroxylation is 1. The van der Waals surface area contributed by atoms with Crippen LogP contribution in [0.25, 0.3) is 0 Å². The normalized spacial score (nSPS) is 12.1. The van der Waals surface area contributed by atoms with Crippen LogP contribution >= 0.6 is 0 Å². The molecule has 0 aliphatic rings. The van der Waals surface area contributed by atoms with Crippen LogP contribution in [0.5, 0.6) is 0 Å². The monoisotopic (exact) mass is 431 g/mol. The topological polar surface area (TPSA) is 79.8 Å². The summed E-state index contributed by atoms with van der Waals surface area (Å²) in [6.45, 7) is 9.14. The Hall–Kier alpha value is -2.38. The molecule has 0 aliphatic heterocycles. The average Bonchev–Trinajstić information content (AvgIpc) is 2.70. The molecular weight excluding hydrogens is 398 g/mol. The Bertz CT molecular complexity index is 956. The van der Waals surface area contributed by atoms with E-state index in [-0.39, 0.29) is 0 Å². The summed E-state index contributed by atoms with van der Waals surface area (Å²) in [6.07, 6.45) is 2.23. The van der Waals surface area contributed by atoms with Gasteiger partial charge in [0.2, 0.25) is 0 Å². The van der Waals surface area contributed by atoms with Crippen molar-refractivity contribution in [1.82, 2.24) is 10.6 Å². The van der Waals surface area contributed by atoms with Gasteiger partial charge in [-0.2, -0.15) is 0 Å². The minimum atomic E-state index is -3.21. The second-order valence-electron chi connectivity index (χ2n) is 7.24. The zero-order valence-electron chi connectivity index (χ0n) is 18.4. The highest BCUT2D eigenvalue weighted by atomic mass is 32.2. The fraction of sp³-hybridized carbons (Fsp3) is 0.435. The van der Waals surface area contributed by atoms with Crippen molar-refractivity contribution in [1.29, 1.82) is 0 Å². The molecule has 2 rings (SSSR count). The average molecular weight is 432 g/mol. The number of ether oxygens (including phenoxy) is 1. The lowest BCUT2D eigenvalue weighted by atomic mass is 10.1. The Kier molecular flexibility index (Phi) is 9.33. The molecule has 0 unspecified atom stereocenters. The van der Waals surface area contributed by atoms with Gasteiger partial charge >= 0.3 is 0 Å². The molecule has 2 N–H and O–H groups in total. The van der Waals surface area contributed by atoms with E-state index in [1.807, 2.05) is 38.1 Å². The molecule has 164 valence electrons. The van der Waals surface area contributed by atoms with Crippen LogP contribution in [0, 0.1) is 6.92 Å². The third-order valence-electron chi connectivity index (χ3n) is 4.57. The van der Waals surface area contributed by atoms with E-state index in [0.29, 0.717) is 30.6 Å². The van der Waals surface area contributed by atoms with Crippen LogP contribution in [0.3, 0.4) is 0 Å². The molecule has 0 saturated heterocycles. The van der Waals surface area contributed by atoms with Gasteiger partial charge in [-0.3, -0.25) is 0 Å². The van der Waals surface area contributed by atoms with Crippen molar-refractivity contribution in [3.8, 4) is 0 Å². The van der Waals surface area contributed by atoms with Gasteiger partial charge < -0.3 is 15.4 Å². The zero-order chi connectivity index (χ0) is 22.0. The lowest BCUT2D eigenvalue weighted by Gasteiger charge is -2.14. The predicted molar refractivity (Wildman–Crippen MR) is 122 cm³/mol. The maximum Gasteiger partial charge on any atom is 0.191 e. The molecule has 7 heteroatoms. The highest BCUT2D eigenvalue weighted by Gasteiger charge is 2.11. The Morgan fingerprint density at radius 3 is 2.43 bits per heavy atom. The van der Waals surface area contributed by atoms with Gasteiger partial charge in [0.25, 0.3) is 0 Å². The highest BCUT2D eigenvalue weighted by Crippen LogP contribution is 2.17. The van der Waals surface area contributed by atoms with Gasteiger partial charge in [0.1, 0.15) is 0 Å². The molecule has 0 aromatic heterocycles. The summed E-state index contributed by atoms with van der Waals surface area (Å²) in [5, 5.41) is 6.63. The minimum absolute atomic E-state index is 0.363. The lowest BCUT2D eigenvalue weighted by molar-refractivity contribution is 0.121. The first-order valence-corrected chi connectivity index (χ1v) is 12.2. The fourth-order valence-electron chi connectivity index (χ4n) is 3.11. The molecule has 0 heterocycles. The third kappa shape index (κ3) is 7.46. The predicted octanol–water partition coefficient (Wildman–Crippen LogP) is 3.58. The first-order valence-electron chi connectivity index (χ1n) is 10.3. The summed E-state index contributed by atoms with van der Waals surface area (Å²) in [6, 6.07) is 13.6. The maximum absolute atomic E-state index is 11.8. The summed E-state index contributed by atoms with van der Waals surface area (Å²) in [5.74, 6) is 0.714. The van der Waals surface area contributed by atoms with Gasteiger partial charge in [0, 0.05) is 26.0 Å². The van der Waals surface area contributed by atoms with Crippen molar-refractivity contribution >= 4 is 15.8 Å². The maximum atomic E-state index is 11.8. The Labute approximate surface area is 180 Å². The number of aliphatic imine (C=N–C) groups is 1. The first kappa shape index (κ1) is 23.9. The van der Waals surface area contributed by atoms with Gasteiger partial charge in [-0.1, -0.05) is 43.3 Å². The number of guanidine groups is 1. The van der Waals surface area contributed by atoms with E-state index in [4.69, 9.17) is 4.74 Å². The van der Waals surface area contributed by atoms with Crippen molar-refractivity contribution in [2.24, 2.45) is 4.99 Å². The molecule has 2 aromatic carbocycles. The van der Waals surface area contributed by atoms with Gasteiger partial charge in [-0.15, -0.1) is 0 Å². The summed E-state index contributed by atoms with van der Waals surface area (Å²) < 4.78 is 29.3. The molecule has 0 fully saturated rings. The van der Waals surface area contributed by atoms with E-state index in [1.165, 1.54) is 17.4 Å². The Balaban J connectivity index is 2.06.